The molecule has 2 aromatic rings. The number of esters is 1. The summed E-state index contributed by atoms with van der Waals surface area (Å²) in [6.45, 7) is 6.47. The molecule has 0 aliphatic carbocycles. The fourth-order valence-electron chi connectivity index (χ4n) is 3.15. The van der Waals surface area contributed by atoms with Gasteiger partial charge in [-0.25, -0.2) is 4.79 Å². The smallest absolute Gasteiger partial charge is 0.360 e. The minimum atomic E-state index is -0.624. The Hall–Kier alpha value is -3.88. The van der Waals surface area contributed by atoms with Crippen LogP contribution in [0.3, 0.4) is 0 Å². The van der Waals surface area contributed by atoms with Crippen molar-refractivity contribution in [3.8, 4) is 5.75 Å². The SMILES string of the molecule is CCCOc1ccc(C(C=NOC(C)c2ccccc2C(=NOC)C(=O)OC)=NOC)c(C)c1. The lowest BCUT2D eigenvalue weighted by Gasteiger charge is -2.15. The maximum Gasteiger partial charge on any atom is 0.360 e. The molecule has 2 aromatic carbocycles. The van der Waals surface area contributed by atoms with Gasteiger partial charge in [-0.1, -0.05) is 46.7 Å². The summed E-state index contributed by atoms with van der Waals surface area (Å²) in [5.74, 6) is 0.166. The molecule has 2 rings (SSSR count). The van der Waals surface area contributed by atoms with Gasteiger partial charge in [-0.3, -0.25) is 0 Å². The topological polar surface area (TPSA) is 100 Å². The number of nitrogens with zero attached hydrogens (tertiary/aromatic N) is 3. The van der Waals surface area contributed by atoms with Gasteiger partial charge in [-0.15, -0.1) is 0 Å². The normalized spacial score (nSPS) is 12.9. The number of aryl methyl sites for hydroxylation is 1. The first-order chi connectivity index (χ1) is 16.5. The van der Waals surface area contributed by atoms with Gasteiger partial charge in [-0.2, -0.15) is 0 Å². The number of hydrogen-bond acceptors (Lipinski definition) is 9. The Morgan fingerprint density at radius 3 is 2.41 bits per heavy atom. The molecule has 0 amide bonds. The van der Waals surface area contributed by atoms with E-state index in [4.69, 9.17) is 24.0 Å². The van der Waals surface area contributed by atoms with Crippen molar-refractivity contribution < 1.29 is 28.8 Å². The molecule has 0 N–H and O–H groups in total. The summed E-state index contributed by atoms with van der Waals surface area (Å²) in [5.41, 5.74) is 3.49. The number of oxime groups is 3. The maximum atomic E-state index is 12.2. The number of methoxy groups -OCH3 is 1. The fourth-order valence-corrected chi connectivity index (χ4v) is 3.15. The van der Waals surface area contributed by atoms with E-state index in [-0.39, 0.29) is 5.71 Å². The Bertz CT molecular complexity index is 1050. The van der Waals surface area contributed by atoms with Crippen LogP contribution in [0, 0.1) is 6.92 Å². The van der Waals surface area contributed by atoms with Gasteiger partial charge in [0.15, 0.2) is 5.71 Å². The van der Waals surface area contributed by atoms with Crippen LogP contribution in [0.25, 0.3) is 0 Å². The van der Waals surface area contributed by atoms with E-state index in [2.05, 4.69) is 22.4 Å². The quantitative estimate of drug-likeness (QED) is 0.259. The largest absolute Gasteiger partial charge is 0.494 e. The van der Waals surface area contributed by atoms with Crippen LogP contribution < -0.4 is 4.74 Å². The van der Waals surface area contributed by atoms with Crippen molar-refractivity contribution in [1.82, 2.24) is 0 Å². The minimum Gasteiger partial charge on any atom is -0.494 e. The Morgan fingerprint density at radius 1 is 1.03 bits per heavy atom. The summed E-state index contributed by atoms with van der Waals surface area (Å²) < 4.78 is 10.5. The molecule has 34 heavy (non-hydrogen) atoms. The molecule has 0 fully saturated rings. The number of rotatable bonds is 12. The fraction of sp³-hybridized carbons (Fsp3) is 0.360. The van der Waals surface area contributed by atoms with Crippen LogP contribution in [0.15, 0.2) is 57.9 Å². The molecule has 0 saturated heterocycles. The van der Waals surface area contributed by atoms with Crippen LogP contribution in [0.4, 0.5) is 0 Å². The molecule has 0 radical (unpaired) electrons. The van der Waals surface area contributed by atoms with E-state index in [9.17, 15) is 4.79 Å². The molecule has 0 heterocycles. The minimum absolute atomic E-state index is 0.0303. The van der Waals surface area contributed by atoms with Crippen LogP contribution in [-0.4, -0.2) is 51.5 Å². The van der Waals surface area contributed by atoms with E-state index in [0.29, 0.717) is 23.4 Å². The Morgan fingerprint density at radius 2 is 1.76 bits per heavy atom. The van der Waals surface area contributed by atoms with E-state index in [1.165, 1.54) is 27.5 Å². The maximum absolute atomic E-state index is 12.2. The second kappa shape index (κ2) is 13.6. The number of hydrogen-bond donors (Lipinski definition) is 0. The Kier molecular flexibility index (Phi) is 10.6. The second-order valence-electron chi connectivity index (χ2n) is 7.17. The van der Waals surface area contributed by atoms with Gasteiger partial charge in [0.2, 0.25) is 0 Å². The van der Waals surface area contributed by atoms with Crippen molar-refractivity contribution in [2.75, 3.05) is 27.9 Å². The highest BCUT2D eigenvalue weighted by Crippen LogP contribution is 2.23. The third kappa shape index (κ3) is 7.06. The Balaban J connectivity index is 2.25. The molecule has 1 atom stereocenters. The Labute approximate surface area is 200 Å². The molecule has 0 saturated carbocycles. The van der Waals surface area contributed by atoms with Crippen molar-refractivity contribution in [1.29, 1.82) is 0 Å². The van der Waals surface area contributed by atoms with Crippen molar-refractivity contribution in [2.45, 2.75) is 33.3 Å². The summed E-state index contributed by atoms with van der Waals surface area (Å²) in [6.07, 6.45) is 1.89. The highest BCUT2D eigenvalue weighted by atomic mass is 16.6. The predicted octanol–water partition coefficient (Wildman–Crippen LogP) is 4.42. The van der Waals surface area contributed by atoms with Gasteiger partial charge in [0.05, 0.1) is 19.9 Å². The van der Waals surface area contributed by atoms with E-state index in [1.54, 1.807) is 19.1 Å². The molecule has 182 valence electrons. The average molecular weight is 470 g/mol. The molecule has 0 aromatic heterocycles. The summed E-state index contributed by atoms with van der Waals surface area (Å²) in [6, 6.07) is 12.9. The summed E-state index contributed by atoms with van der Waals surface area (Å²) in [5, 5.41) is 12.0. The summed E-state index contributed by atoms with van der Waals surface area (Å²) in [4.78, 5) is 27.7. The number of carbonyl (C=O) groups is 1. The predicted molar refractivity (Wildman–Crippen MR) is 131 cm³/mol. The number of ether oxygens (including phenoxy) is 2. The molecule has 0 bridgehead atoms. The molecule has 1 unspecified atom stereocenters. The lowest BCUT2D eigenvalue weighted by molar-refractivity contribution is -0.132. The van der Waals surface area contributed by atoms with Crippen LogP contribution in [0.2, 0.25) is 0 Å². The van der Waals surface area contributed by atoms with Crippen molar-refractivity contribution in [3.05, 3.63) is 64.7 Å². The van der Waals surface area contributed by atoms with Gasteiger partial charge in [0.1, 0.15) is 31.8 Å². The molecule has 9 heteroatoms. The second-order valence-corrected chi connectivity index (χ2v) is 7.17. The van der Waals surface area contributed by atoms with Crippen LogP contribution >= 0.6 is 0 Å². The van der Waals surface area contributed by atoms with Gasteiger partial charge < -0.3 is 24.0 Å². The first-order valence-electron chi connectivity index (χ1n) is 10.8. The standard InChI is InChI=1S/C25H31N3O6/c1-7-14-33-19-12-13-20(17(2)15-19)23(27-31-5)16-26-34-18(3)21-10-8-9-11-22(21)24(28-32-6)25(29)30-4/h8-13,15-16,18H,7,14H2,1-6H3. The third-order valence-corrected chi connectivity index (χ3v) is 4.75. The van der Waals surface area contributed by atoms with Gasteiger partial charge >= 0.3 is 5.97 Å². The highest BCUT2D eigenvalue weighted by Gasteiger charge is 2.22. The molecule has 9 nitrogen and oxygen atoms in total. The lowest BCUT2D eigenvalue weighted by Crippen LogP contribution is -2.20. The van der Waals surface area contributed by atoms with Crippen LogP contribution in [0.5, 0.6) is 5.75 Å². The van der Waals surface area contributed by atoms with Crippen molar-refractivity contribution in [3.63, 3.8) is 0 Å². The average Bonchev–Trinajstić information content (AvgIpc) is 2.85. The van der Waals surface area contributed by atoms with Gasteiger partial charge in [0.25, 0.3) is 0 Å². The van der Waals surface area contributed by atoms with Crippen LogP contribution in [-0.2, 0) is 24.0 Å². The van der Waals surface area contributed by atoms with E-state index < -0.39 is 12.1 Å². The monoisotopic (exact) mass is 469 g/mol. The first kappa shape index (κ1) is 26.4. The van der Waals surface area contributed by atoms with E-state index in [0.717, 1.165) is 23.3 Å². The molecule has 0 aliphatic heterocycles. The van der Waals surface area contributed by atoms with E-state index in [1.807, 2.05) is 37.3 Å². The van der Waals surface area contributed by atoms with Crippen molar-refractivity contribution in [2.24, 2.45) is 15.5 Å². The zero-order valence-corrected chi connectivity index (χ0v) is 20.4. The summed E-state index contributed by atoms with van der Waals surface area (Å²) in [7, 11) is 4.10. The molecule has 0 aliphatic rings. The van der Waals surface area contributed by atoms with Gasteiger partial charge in [0, 0.05) is 16.7 Å². The number of benzene rings is 2. The highest BCUT2D eigenvalue weighted by molar-refractivity contribution is 6.43. The summed E-state index contributed by atoms with van der Waals surface area (Å²) >= 11 is 0. The number of carbonyl (C=O) groups excluding carboxylic acids is 1. The third-order valence-electron chi connectivity index (χ3n) is 4.75. The zero-order valence-electron chi connectivity index (χ0n) is 20.4. The first-order valence-corrected chi connectivity index (χ1v) is 10.8. The van der Waals surface area contributed by atoms with Crippen LogP contribution in [0.1, 0.15) is 48.6 Å². The molecular formula is C25H31N3O6. The molecule has 0 spiro atoms. The zero-order chi connectivity index (χ0) is 24.9. The molecular weight excluding hydrogens is 438 g/mol. The van der Waals surface area contributed by atoms with E-state index >= 15 is 0 Å². The van der Waals surface area contributed by atoms with Gasteiger partial charge in [-0.05, 0) is 44.0 Å². The van der Waals surface area contributed by atoms with Crippen molar-refractivity contribution >= 4 is 23.6 Å². The lowest BCUT2D eigenvalue weighted by atomic mass is 9.99.